The summed E-state index contributed by atoms with van der Waals surface area (Å²) in [6.45, 7) is 5.12. The molecule has 3 N–H and O–H groups in total. The van der Waals surface area contributed by atoms with Crippen LogP contribution in [0.5, 0.6) is 5.75 Å². The topological polar surface area (TPSA) is 105 Å². The summed E-state index contributed by atoms with van der Waals surface area (Å²) in [5, 5.41) is 15.0. The van der Waals surface area contributed by atoms with Crippen molar-refractivity contribution in [3.8, 4) is 5.75 Å². The van der Waals surface area contributed by atoms with E-state index in [4.69, 9.17) is 4.74 Å². The summed E-state index contributed by atoms with van der Waals surface area (Å²) in [4.78, 5) is 35.1. The second-order valence-electron chi connectivity index (χ2n) is 5.18. The van der Waals surface area contributed by atoms with Crippen LogP contribution in [-0.4, -0.2) is 30.0 Å². The number of urea groups is 1. The molecule has 7 heteroatoms. The summed E-state index contributed by atoms with van der Waals surface area (Å²) in [6, 6.07) is 1.84. The van der Waals surface area contributed by atoms with Gasteiger partial charge >= 0.3 is 12.0 Å². The van der Waals surface area contributed by atoms with Gasteiger partial charge in [0, 0.05) is 5.70 Å². The molecule has 1 aliphatic heterocycles. The summed E-state index contributed by atoms with van der Waals surface area (Å²) in [5.41, 5.74) is 1.72. The van der Waals surface area contributed by atoms with Gasteiger partial charge in [-0.2, -0.15) is 0 Å². The van der Waals surface area contributed by atoms with Crippen molar-refractivity contribution >= 4 is 18.3 Å². The third-order valence-corrected chi connectivity index (χ3v) is 3.58. The number of phenols is 1. The van der Waals surface area contributed by atoms with Crippen molar-refractivity contribution in [2.75, 3.05) is 6.61 Å². The van der Waals surface area contributed by atoms with Crippen molar-refractivity contribution in [2.45, 2.75) is 26.8 Å². The van der Waals surface area contributed by atoms with E-state index in [1.54, 1.807) is 26.8 Å². The van der Waals surface area contributed by atoms with E-state index in [2.05, 4.69) is 10.6 Å². The van der Waals surface area contributed by atoms with Crippen molar-refractivity contribution in [3.63, 3.8) is 0 Å². The van der Waals surface area contributed by atoms with Crippen LogP contribution in [0.3, 0.4) is 0 Å². The Balaban J connectivity index is 2.56. The Morgan fingerprint density at radius 1 is 1.39 bits per heavy atom. The maximum absolute atomic E-state index is 12.2. The van der Waals surface area contributed by atoms with Crippen LogP contribution in [0.25, 0.3) is 0 Å². The molecule has 0 saturated heterocycles. The van der Waals surface area contributed by atoms with Gasteiger partial charge in [0.05, 0.1) is 23.8 Å². The first-order valence-corrected chi connectivity index (χ1v) is 7.13. The van der Waals surface area contributed by atoms with Crippen molar-refractivity contribution in [2.24, 2.45) is 0 Å². The number of esters is 1. The minimum atomic E-state index is -0.763. The molecule has 0 bridgehead atoms. The van der Waals surface area contributed by atoms with E-state index in [1.807, 2.05) is 0 Å². The van der Waals surface area contributed by atoms with E-state index in [1.165, 1.54) is 6.07 Å². The van der Waals surface area contributed by atoms with Gasteiger partial charge in [0.1, 0.15) is 5.75 Å². The second kappa shape index (κ2) is 6.51. The Hall–Kier alpha value is -2.83. The minimum Gasteiger partial charge on any atom is -0.507 e. The number of hydrogen-bond acceptors (Lipinski definition) is 5. The Labute approximate surface area is 133 Å². The number of aldehydes is 1. The van der Waals surface area contributed by atoms with Gasteiger partial charge < -0.3 is 20.5 Å². The zero-order valence-electron chi connectivity index (χ0n) is 13.1. The summed E-state index contributed by atoms with van der Waals surface area (Å²) >= 11 is 0. The Morgan fingerprint density at radius 3 is 2.70 bits per heavy atom. The van der Waals surface area contributed by atoms with Gasteiger partial charge in [-0.25, -0.2) is 9.59 Å². The summed E-state index contributed by atoms with van der Waals surface area (Å²) in [6.07, 6.45) is 0.523. The molecule has 1 aromatic rings. The second-order valence-corrected chi connectivity index (χ2v) is 5.18. The highest BCUT2D eigenvalue weighted by atomic mass is 16.5. The van der Waals surface area contributed by atoms with Crippen LogP contribution in [0.4, 0.5) is 4.79 Å². The predicted molar refractivity (Wildman–Crippen MR) is 82.0 cm³/mol. The Bertz CT molecular complexity index is 709. The summed E-state index contributed by atoms with van der Waals surface area (Å²) < 4.78 is 5.04. The Morgan fingerprint density at radius 2 is 2.09 bits per heavy atom. The van der Waals surface area contributed by atoms with Crippen LogP contribution in [0.15, 0.2) is 23.4 Å². The normalized spacial score (nSPS) is 17.3. The highest BCUT2D eigenvalue weighted by Crippen LogP contribution is 2.32. The predicted octanol–water partition coefficient (Wildman–Crippen LogP) is 1.70. The molecule has 0 saturated carbocycles. The zero-order chi connectivity index (χ0) is 17.1. The van der Waals surface area contributed by atoms with E-state index in [0.29, 0.717) is 23.1 Å². The average Bonchev–Trinajstić information content (AvgIpc) is 2.49. The van der Waals surface area contributed by atoms with Crippen LogP contribution in [-0.2, 0) is 9.53 Å². The molecule has 1 aromatic carbocycles. The largest absolute Gasteiger partial charge is 0.507 e. The van der Waals surface area contributed by atoms with Crippen molar-refractivity contribution in [1.29, 1.82) is 0 Å². The number of allylic oxidation sites excluding steroid dienone is 1. The lowest BCUT2D eigenvalue weighted by Gasteiger charge is -2.28. The van der Waals surface area contributed by atoms with Crippen LogP contribution in [0.2, 0.25) is 0 Å². The maximum Gasteiger partial charge on any atom is 0.338 e. The van der Waals surface area contributed by atoms with Gasteiger partial charge in [0.25, 0.3) is 0 Å². The van der Waals surface area contributed by atoms with Gasteiger partial charge in [0.2, 0.25) is 0 Å². The van der Waals surface area contributed by atoms with Gasteiger partial charge in [0.15, 0.2) is 6.29 Å². The lowest BCUT2D eigenvalue weighted by atomic mass is 9.92. The number of carbonyl (C=O) groups is 3. The fourth-order valence-corrected chi connectivity index (χ4v) is 2.52. The molecule has 2 rings (SSSR count). The van der Waals surface area contributed by atoms with Crippen molar-refractivity contribution < 1.29 is 24.2 Å². The van der Waals surface area contributed by atoms with Crippen molar-refractivity contribution in [3.05, 3.63) is 40.1 Å². The van der Waals surface area contributed by atoms with Crippen LogP contribution in [0, 0.1) is 6.92 Å². The summed E-state index contributed by atoms with van der Waals surface area (Å²) in [5.74, 6) is -0.678. The molecule has 0 radical (unpaired) electrons. The smallest absolute Gasteiger partial charge is 0.338 e. The minimum absolute atomic E-state index is 0.0913. The van der Waals surface area contributed by atoms with E-state index in [-0.39, 0.29) is 23.5 Å². The highest BCUT2D eigenvalue weighted by molar-refractivity contribution is 5.95. The number of ether oxygens (including phenoxy) is 1. The highest BCUT2D eigenvalue weighted by Gasteiger charge is 2.32. The quantitative estimate of drug-likeness (QED) is 0.579. The summed E-state index contributed by atoms with van der Waals surface area (Å²) in [7, 11) is 0. The third kappa shape index (κ3) is 3.18. The number of aromatic hydroxyl groups is 1. The third-order valence-electron chi connectivity index (χ3n) is 3.58. The number of phenolic OH excluding ortho intramolecular Hbond substituents is 1. The first-order valence-electron chi connectivity index (χ1n) is 7.13. The number of nitrogens with one attached hydrogen (secondary N) is 2. The maximum atomic E-state index is 12.2. The SMILES string of the molecule is CCOC(=O)C1=C(C)NC(=O)NC1c1cc(C)c(O)c(C=O)c1. The van der Waals surface area contributed by atoms with Crippen LogP contribution >= 0.6 is 0 Å². The molecule has 23 heavy (non-hydrogen) atoms. The number of rotatable bonds is 4. The molecule has 1 heterocycles. The molecule has 0 fully saturated rings. The molecule has 0 aromatic heterocycles. The molecule has 1 aliphatic rings. The fraction of sp³-hybridized carbons (Fsp3) is 0.312. The van der Waals surface area contributed by atoms with Gasteiger partial charge in [-0.15, -0.1) is 0 Å². The number of amides is 2. The fourth-order valence-electron chi connectivity index (χ4n) is 2.52. The Kier molecular flexibility index (Phi) is 4.68. The van der Waals surface area contributed by atoms with Crippen molar-refractivity contribution in [1.82, 2.24) is 10.6 Å². The average molecular weight is 318 g/mol. The van der Waals surface area contributed by atoms with Crippen LogP contribution < -0.4 is 10.6 Å². The number of aryl methyl sites for hydroxylation is 1. The van der Waals surface area contributed by atoms with Crippen LogP contribution in [0.1, 0.15) is 41.4 Å². The molecule has 7 nitrogen and oxygen atoms in total. The molecule has 1 unspecified atom stereocenters. The standard InChI is InChI=1S/C16H18N2O5/c1-4-23-15(21)12-9(3)17-16(22)18-13(12)10-5-8(2)14(20)11(6-10)7-19/h5-7,13,20H,4H2,1-3H3,(H2,17,18,22). The van der Waals surface area contributed by atoms with E-state index in [0.717, 1.165) is 0 Å². The van der Waals surface area contributed by atoms with Gasteiger partial charge in [-0.05, 0) is 44.0 Å². The first-order chi connectivity index (χ1) is 10.9. The molecular formula is C16H18N2O5. The monoisotopic (exact) mass is 318 g/mol. The number of benzene rings is 1. The van der Waals surface area contributed by atoms with E-state index in [9.17, 15) is 19.5 Å². The molecular weight excluding hydrogens is 300 g/mol. The molecule has 122 valence electrons. The van der Waals surface area contributed by atoms with Gasteiger partial charge in [-0.3, -0.25) is 4.79 Å². The van der Waals surface area contributed by atoms with Gasteiger partial charge in [-0.1, -0.05) is 0 Å². The lowest BCUT2D eigenvalue weighted by Crippen LogP contribution is -2.45. The zero-order valence-corrected chi connectivity index (χ0v) is 13.1. The number of carbonyl (C=O) groups excluding carboxylic acids is 3. The first kappa shape index (κ1) is 16.5. The van der Waals surface area contributed by atoms with E-state index < -0.39 is 18.0 Å². The lowest BCUT2D eigenvalue weighted by molar-refractivity contribution is -0.139. The molecule has 0 aliphatic carbocycles. The molecule has 1 atom stereocenters. The molecule has 0 spiro atoms. The molecule has 2 amide bonds. The number of hydrogen-bond donors (Lipinski definition) is 3. The van der Waals surface area contributed by atoms with E-state index >= 15 is 0 Å².